The number of benzene rings is 4. The van der Waals surface area contributed by atoms with Crippen molar-refractivity contribution < 1.29 is 29.0 Å². The molecule has 0 radical (unpaired) electrons. The normalized spacial score (nSPS) is 11.8. The Morgan fingerprint density at radius 3 is 2.29 bits per heavy atom. The maximum Gasteiger partial charge on any atom is 0.300 e. The van der Waals surface area contributed by atoms with Crippen molar-refractivity contribution in [2.24, 2.45) is 0 Å². The molecule has 2 amide bonds. The largest absolute Gasteiger partial charge is 0.497 e. The van der Waals surface area contributed by atoms with Gasteiger partial charge < -0.3 is 30.4 Å². The monoisotopic (exact) mass is 725 g/mol. The zero-order valence-corrected chi connectivity index (χ0v) is 29.1. The number of non-ortho nitro benzene ring substituents is 1. The predicted molar refractivity (Wildman–Crippen MR) is 196 cm³/mol. The highest BCUT2D eigenvalue weighted by Gasteiger charge is 2.23. The van der Waals surface area contributed by atoms with Gasteiger partial charge in [-0.05, 0) is 89.7 Å². The lowest BCUT2D eigenvalue weighted by molar-refractivity contribution is -0.383. The number of amides is 2. The summed E-state index contributed by atoms with van der Waals surface area (Å²) in [6.07, 6.45) is 0.689. The standard InChI is InChI=1S/C37H36ClN7O7/c1-22-28(29-20-27(51-2)13-15-31(29)44(22)37(48)24-7-9-25(38)10-8-24)21-34(47)40-18-4-3-17-39-33(46)19-23-5-11-26(12-6-23)41-30-14-16-32(45(49)50)36-35(30)42-52-43-36/h5-16,20,37,41,48H,3-4,17-19,21H2,1-2H3,(H,39,46)(H,40,47). The van der Waals surface area contributed by atoms with E-state index in [9.17, 15) is 24.8 Å². The smallest absolute Gasteiger partial charge is 0.300 e. The fraction of sp³-hybridized carbons (Fsp3) is 0.243. The van der Waals surface area contributed by atoms with Crippen LogP contribution >= 0.6 is 11.6 Å². The molecule has 52 heavy (non-hydrogen) atoms. The lowest BCUT2D eigenvalue weighted by Crippen LogP contribution is -2.29. The van der Waals surface area contributed by atoms with Crippen LogP contribution in [0.4, 0.5) is 17.1 Å². The molecule has 0 aliphatic rings. The molecule has 0 spiro atoms. The molecule has 2 aromatic heterocycles. The molecule has 15 heteroatoms. The molecule has 6 aromatic rings. The highest BCUT2D eigenvalue weighted by atomic mass is 35.5. The first-order valence-corrected chi connectivity index (χ1v) is 16.9. The number of hydrogen-bond acceptors (Lipinski definition) is 10. The first-order chi connectivity index (χ1) is 25.1. The Balaban J connectivity index is 0.961. The third kappa shape index (κ3) is 7.98. The number of aromatic nitrogens is 3. The number of unbranched alkanes of at least 4 members (excludes halogenated alkanes) is 1. The van der Waals surface area contributed by atoms with Gasteiger partial charge in [0.2, 0.25) is 17.3 Å². The van der Waals surface area contributed by atoms with E-state index in [0.717, 1.165) is 27.7 Å². The Morgan fingerprint density at radius 2 is 1.62 bits per heavy atom. The number of anilines is 2. The van der Waals surface area contributed by atoms with Crippen molar-refractivity contribution in [1.29, 1.82) is 0 Å². The summed E-state index contributed by atoms with van der Waals surface area (Å²) in [6.45, 7) is 2.80. The number of nitro groups is 1. The van der Waals surface area contributed by atoms with Crippen LogP contribution in [0.1, 0.15) is 41.5 Å². The van der Waals surface area contributed by atoms with Crippen LogP contribution in [0, 0.1) is 17.0 Å². The molecule has 14 nitrogen and oxygen atoms in total. The molecule has 2 heterocycles. The summed E-state index contributed by atoms with van der Waals surface area (Å²) in [5.74, 6) is 0.373. The Kier molecular flexibility index (Phi) is 11.0. The topological polar surface area (TPSA) is 187 Å². The van der Waals surface area contributed by atoms with E-state index >= 15 is 0 Å². The number of ether oxygens (including phenoxy) is 1. The van der Waals surface area contributed by atoms with Crippen molar-refractivity contribution in [3.63, 3.8) is 0 Å². The van der Waals surface area contributed by atoms with Crippen molar-refractivity contribution in [2.45, 2.75) is 38.8 Å². The molecule has 6 rings (SSSR count). The minimum atomic E-state index is -0.976. The molecular weight excluding hydrogens is 690 g/mol. The molecule has 0 saturated carbocycles. The maximum atomic E-state index is 13.1. The van der Waals surface area contributed by atoms with Crippen molar-refractivity contribution in [2.75, 3.05) is 25.5 Å². The quantitative estimate of drug-likeness (QED) is 0.0544. The molecule has 4 N–H and O–H groups in total. The number of nitro benzene ring substituents is 1. The van der Waals surface area contributed by atoms with Crippen LogP contribution in [-0.4, -0.2) is 56.9 Å². The van der Waals surface area contributed by atoms with E-state index in [1.54, 1.807) is 43.5 Å². The van der Waals surface area contributed by atoms with E-state index in [-0.39, 0.29) is 41.4 Å². The number of carbonyl (C=O) groups is 2. The summed E-state index contributed by atoms with van der Waals surface area (Å²) in [6, 6.07) is 22.7. The fourth-order valence-corrected chi connectivity index (χ4v) is 6.20. The molecule has 0 saturated heterocycles. The van der Waals surface area contributed by atoms with Gasteiger partial charge in [0, 0.05) is 46.5 Å². The summed E-state index contributed by atoms with van der Waals surface area (Å²) in [5.41, 5.74) is 5.10. The van der Waals surface area contributed by atoms with Gasteiger partial charge in [0.05, 0.1) is 36.1 Å². The van der Waals surface area contributed by atoms with Gasteiger partial charge in [-0.2, -0.15) is 0 Å². The molecule has 1 atom stereocenters. The number of rotatable bonds is 15. The summed E-state index contributed by atoms with van der Waals surface area (Å²) in [5, 5.41) is 40.4. The van der Waals surface area contributed by atoms with E-state index in [2.05, 4.69) is 26.3 Å². The highest BCUT2D eigenvalue weighted by Crippen LogP contribution is 2.34. The average Bonchev–Trinajstić information content (AvgIpc) is 3.73. The van der Waals surface area contributed by atoms with Crippen molar-refractivity contribution in [3.05, 3.63) is 116 Å². The SMILES string of the molecule is COc1ccc2c(c1)c(CC(=O)NCCCCNC(=O)Cc1ccc(Nc3ccc([N+](=O)[O-])c4nonc34)cc1)c(C)n2C(O)c1ccc(Cl)cc1. The lowest BCUT2D eigenvalue weighted by Gasteiger charge is -2.17. The third-order valence-electron chi connectivity index (χ3n) is 8.77. The molecular formula is C37H36ClN7O7. The third-order valence-corrected chi connectivity index (χ3v) is 9.02. The lowest BCUT2D eigenvalue weighted by atomic mass is 10.1. The Hall–Kier alpha value is -5.99. The van der Waals surface area contributed by atoms with Gasteiger partial charge >= 0.3 is 5.69 Å². The predicted octanol–water partition coefficient (Wildman–Crippen LogP) is 6.14. The van der Waals surface area contributed by atoms with E-state index in [4.69, 9.17) is 21.0 Å². The van der Waals surface area contributed by atoms with Crippen LogP contribution < -0.4 is 20.7 Å². The van der Waals surface area contributed by atoms with Gasteiger partial charge in [-0.3, -0.25) is 19.7 Å². The van der Waals surface area contributed by atoms with Gasteiger partial charge in [-0.25, -0.2) is 4.63 Å². The minimum absolute atomic E-state index is 0.0506. The number of aliphatic hydroxyl groups excluding tert-OH is 1. The van der Waals surface area contributed by atoms with Crippen LogP contribution in [0.5, 0.6) is 5.75 Å². The maximum absolute atomic E-state index is 13.1. The fourth-order valence-electron chi connectivity index (χ4n) is 6.08. The van der Waals surface area contributed by atoms with Crippen molar-refractivity contribution in [3.8, 4) is 5.75 Å². The van der Waals surface area contributed by atoms with Gasteiger partial charge in [-0.1, -0.05) is 35.9 Å². The molecule has 0 bridgehead atoms. The Labute approximate surface area is 302 Å². The van der Waals surface area contributed by atoms with Crippen LogP contribution in [0.25, 0.3) is 21.9 Å². The molecule has 4 aromatic carbocycles. The number of halogens is 1. The molecule has 0 fully saturated rings. The van der Waals surface area contributed by atoms with Crippen LogP contribution in [0.2, 0.25) is 5.02 Å². The van der Waals surface area contributed by atoms with Crippen molar-refractivity contribution >= 4 is 62.4 Å². The number of methoxy groups -OCH3 is 1. The first kappa shape index (κ1) is 35.8. The summed E-state index contributed by atoms with van der Waals surface area (Å²) < 4.78 is 12.0. The number of nitrogens with zero attached hydrogens (tertiary/aromatic N) is 4. The number of aliphatic hydroxyl groups is 1. The van der Waals surface area contributed by atoms with Crippen LogP contribution in [-0.2, 0) is 22.4 Å². The van der Waals surface area contributed by atoms with E-state index in [0.29, 0.717) is 53.6 Å². The first-order valence-electron chi connectivity index (χ1n) is 16.5. The summed E-state index contributed by atoms with van der Waals surface area (Å²) in [7, 11) is 1.58. The zero-order valence-electron chi connectivity index (χ0n) is 28.4. The summed E-state index contributed by atoms with van der Waals surface area (Å²) in [4.78, 5) is 36.3. The molecule has 268 valence electrons. The minimum Gasteiger partial charge on any atom is -0.497 e. The Morgan fingerprint density at radius 1 is 0.942 bits per heavy atom. The van der Waals surface area contributed by atoms with E-state index in [1.807, 2.05) is 41.8 Å². The van der Waals surface area contributed by atoms with Gasteiger partial charge in [0.15, 0.2) is 11.7 Å². The van der Waals surface area contributed by atoms with E-state index < -0.39 is 11.2 Å². The molecule has 1 unspecified atom stereocenters. The molecule has 0 aliphatic carbocycles. The van der Waals surface area contributed by atoms with Crippen LogP contribution in [0.3, 0.4) is 0 Å². The second-order valence-electron chi connectivity index (χ2n) is 12.2. The number of carbonyl (C=O) groups excluding carboxylic acids is 2. The molecule has 0 aliphatic heterocycles. The van der Waals surface area contributed by atoms with Gasteiger partial charge in [0.25, 0.3) is 0 Å². The second-order valence-corrected chi connectivity index (χ2v) is 12.6. The van der Waals surface area contributed by atoms with E-state index in [1.165, 1.54) is 12.1 Å². The number of nitrogens with one attached hydrogen (secondary N) is 3. The second kappa shape index (κ2) is 15.9. The number of fused-ring (bicyclic) bond motifs is 2. The van der Waals surface area contributed by atoms with Gasteiger partial charge in [-0.15, -0.1) is 0 Å². The average molecular weight is 726 g/mol. The van der Waals surface area contributed by atoms with Gasteiger partial charge in [0.1, 0.15) is 5.75 Å². The van der Waals surface area contributed by atoms with Crippen molar-refractivity contribution in [1.82, 2.24) is 25.5 Å². The Bertz CT molecular complexity index is 2230. The zero-order chi connectivity index (χ0) is 36.8. The summed E-state index contributed by atoms with van der Waals surface area (Å²) >= 11 is 6.05. The van der Waals surface area contributed by atoms with Crippen LogP contribution in [0.15, 0.2) is 83.5 Å². The number of hydrogen-bond donors (Lipinski definition) is 4. The highest BCUT2D eigenvalue weighted by molar-refractivity contribution is 6.30.